The number of amides is 1. The fraction of sp³-hybridized carbons (Fsp3) is 0.800. The summed E-state index contributed by atoms with van der Waals surface area (Å²) in [5.41, 5.74) is 0. The number of hydrogen-bond acceptors (Lipinski definition) is 5. The maximum absolute atomic E-state index is 12.0. The van der Waals surface area contributed by atoms with E-state index in [1.54, 1.807) is 4.90 Å². The quantitative estimate of drug-likeness (QED) is 0.677. The van der Waals surface area contributed by atoms with Gasteiger partial charge in [0, 0.05) is 19.1 Å². The van der Waals surface area contributed by atoms with Crippen LogP contribution in [-0.2, 0) is 14.6 Å². The van der Waals surface area contributed by atoms with Crippen LogP contribution in [-0.4, -0.2) is 55.9 Å². The molecular weight excluding hydrogens is 242 g/mol. The lowest BCUT2D eigenvalue weighted by Crippen LogP contribution is -2.58. The Labute approximate surface area is 101 Å². The third-order valence-corrected chi connectivity index (χ3v) is 5.02. The average molecular weight is 257 g/mol. The maximum atomic E-state index is 12.0. The summed E-state index contributed by atoms with van der Waals surface area (Å²) >= 11 is 0. The van der Waals surface area contributed by atoms with Crippen LogP contribution in [0.15, 0.2) is 0 Å². The van der Waals surface area contributed by atoms with Crippen molar-refractivity contribution in [2.75, 3.05) is 24.6 Å². The lowest BCUT2D eigenvalue weighted by molar-refractivity contribution is -0.137. The van der Waals surface area contributed by atoms with E-state index in [0.29, 0.717) is 19.5 Å². The van der Waals surface area contributed by atoms with Gasteiger partial charge in [0.2, 0.25) is 5.91 Å². The Balaban J connectivity index is 2.06. The highest BCUT2D eigenvalue weighted by molar-refractivity contribution is 7.91. The molecule has 0 bridgehead atoms. The van der Waals surface area contributed by atoms with Crippen molar-refractivity contribution in [3.63, 3.8) is 0 Å². The summed E-state index contributed by atoms with van der Waals surface area (Å²) in [6.07, 6.45) is 0.655. The van der Waals surface area contributed by atoms with Crippen molar-refractivity contribution in [2.24, 2.45) is 0 Å². The zero-order valence-electron chi connectivity index (χ0n) is 9.42. The highest BCUT2D eigenvalue weighted by Gasteiger charge is 2.38. The lowest BCUT2D eigenvalue weighted by Gasteiger charge is -2.36. The molecule has 0 aromatic carbocycles. The van der Waals surface area contributed by atoms with Gasteiger partial charge in [-0.1, -0.05) is 0 Å². The van der Waals surface area contributed by atoms with Crippen LogP contribution in [0.2, 0.25) is 0 Å². The first-order valence-electron chi connectivity index (χ1n) is 5.65. The Kier molecular flexibility index (Phi) is 3.35. The highest BCUT2D eigenvalue weighted by Crippen LogP contribution is 2.20. The van der Waals surface area contributed by atoms with E-state index < -0.39 is 15.9 Å². The Hall–Kier alpha value is -1.13. The summed E-state index contributed by atoms with van der Waals surface area (Å²) < 4.78 is 22.8. The third kappa shape index (κ3) is 2.58. The van der Waals surface area contributed by atoms with Crippen LogP contribution in [0.4, 0.5) is 0 Å². The monoisotopic (exact) mass is 257 g/mol. The molecule has 2 fully saturated rings. The van der Waals surface area contributed by atoms with Gasteiger partial charge < -0.3 is 10.2 Å². The molecule has 2 heterocycles. The minimum atomic E-state index is -2.98. The molecule has 2 saturated heterocycles. The first-order valence-corrected chi connectivity index (χ1v) is 7.47. The van der Waals surface area contributed by atoms with Crippen LogP contribution in [0.1, 0.15) is 12.8 Å². The molecule has 0 radical (unpaired) electrons. The van der Waals surface area contributed by atoms with Gasteiger partial charge in [-0.25, -0.2) is 8.42 Å². The largest absolute Gasteiger partial charge is 0.336 e. The number of nitrogens with zero attached hydrogens (tertiary/aromatic N) is 2. The molecule has 0 saturated carbocycles. The number of carbonyl (C=O) groups is 1. The molecule has 2 atom stereocenters. The number of nitrogens with one attached hydrogen (secondary N) is 1. The van der Waals surface area contributed by atoms with E-state index in [2.05, 4.69) is 5.32 Å². The van der Waals surface area contributed by atoms with Crippen LogP contribution in [0.3, 0.4) is 0 Å². The zero-order chi connectivity index (χ0) is 12.5. The van der Waals surface area contributed by atoms with Gasteiger partial charge in [0.15, 0.2) is 9.84 Å². The van der Waals surface area contributed by atoms with Gasteiger partial charge in [0.25, 0.3) is 0 Å². The second-order valence-corrected chi connectivity index (χ2v) is 6.69. The molecule has 2 aliphatic rings. The normalized spacial score (nSPS) is 32.4. The molecule has 0 aromatic rings. The Morgan fingerprint density at radius 1 is 1.53 bits per heavy atom. The fourth-order valence-corrected chi connectivity index (χ4v) is 4.12. The van der Waals surface area contributed by atoms with Crippen molar-refractivity contribution in [2.45, 2.75) is 24.9 Å². The van der Waals surface area contributed by atoms with Crippen molar-refractivity contribution in [3.05, 3.63) is 0 Å². The van der Waals surface area contributed by atoms with Gasteiger partial charge in [-0.15, -0.1) is 0 Å². The predicted octanol–water partition coefficient (Wildman–Crippen LogP) is -1.11. The summed E-state index contributed by atoms with van der Waals surface area (Å²) in [5, 5.41) is 11.6. The highest BCUT2D eigenvalue weighted by atomic mass is 32.2. The van der Waals surface area contributed by atoms with E-state index in [1.165, 1.54) is 0 Å². The summed E-state index contributed by atoms with van der Waals surface area (Å²) in [6, 6.07) is 1.29. The van der Waals surface area contributed by atoms with Crippen molar-refractivity contribution in [1.82, 2.24) is 10.2 Å². The second-order valence-electron chi connectivity index (χ2n) is 4.46. The van der Waals surface area contributed by atoms with Gasteiger partial charge >= 0.3 is 0 Å². The van der Waals surface area contributed by atoms with Crippen molar-refractivity contribution >= 4 is 15.7 Å². The number of nitriles is 1. The first-order chi connectivity index (χ1) is 8.03. The van der Waals surface area contributed by atoms with E-state index in [4.69, 9.17) is 5.26 Å². The molecule has 6 nitrogen and oxygen atoms in total. The van der Waals surface area contributed by atoms with E-state index in [1.807, 2.05) is 6.07 Å². The average Bonchev–Trinajstić information content (AvgIpc) is 2.62. The summed E-state index contributed by atoms with van der Waals surface area (Å²) in [7, 11) is -2.98. The molecule has 7 heteroatoms. The number of hydrogen-bond donors (Lipinski definition) is 1. The minimum Gasteiger partial charge on any atom is -0.336 e. The number of sulfone groups is 1. The molecule has 0 aromatic heterocycles. The molecule has 1 amide bonds. The molecule has 0 aliphatic carbocycles. The summed E-state index contributed by atoms with van der Waals surface area (Å²) in [4.78, 5) is 13.7. The molecule has 2 rings (SSSR count). The number of rotatable bonds is 2. The Bertz CT molecular complexity index is 454. The van der Waals surface area contributed by atoms with Crippen LogP contribution in [0.5, 0.6) is 0 Å². The van der Waals surface area contributed by atoms with Crippen LogP contribution < -0.4 is 5.32 Å². The van der Waals surface area contributed by atoms with Gasteiger partial charge in [0.1, 0.15) is 6.04 Å². The van der Waals surface area contributed by atoms with Gasteiger partial charge in [-0.3, -0.25) is 4.79 Å². The summed E-state index contributed by atoms with van der Waals surface area (Å²) in [5.74, 6) is 0.0930. The first kappa shape index (κ1) is 12.3. The molecular formula is C10H15N3O3S. The van der Waals surface area contributed by atoms with E-state index >= 15 is 0 Å². The topological polar surface area (TPSA) is 90.3 Å². The van der Waals surface area contributed by atoms with E-state index in [9.17, 15) is 13.2 Å². The second kappa shape index (κ2) is 4.63. The van der Waals surface area contributed by atoms with Gasteiger partial charge in [-0.2, -0.15) is 5.26 Å². The lowest BCUT2D eigenvalue weighted by atomic mass is 10.1. The third-order valence-electron chi connectivity index (χ3n) is 3.27. The standard InChI is InChI=1S/C10H15N3O3S/c11-3-1-9-10(14)13(5-4-12-9)8-2-6-17(15,16)7-8/h8-9,12H,1-2,4-7H2. The Morgan fingerprint density at radius 3 is 2.88 bits per heavy atom. The van der Waals surface area contributed by atoms with Crippen LogP contribution in [0, 0.1) is 11.3 Å². The zero-order valence-corrected chi connectivity index (χ0v) is 10.2. The molecule has 1 N–H and O–H groups in total. The predicted molar refractivity (Wildman–Crippen MR) is 60.8 cm³/mol. The molecule has 17 heavy (non-hydrogen) atoms. The minimum absolute atomic E-state index is 0.0675. The smallest absolute Gasteiger partial charge is 0.241 e. The number of piperazine rings is 1. The maximum Gasteiger partial charge on any atom is 0.241 e. The summed E-state index contributed by atoms with van der Waals surface area (Å²) in [6.45, 7) is 1.15. The Morgan fingerprint density at radius 2 is 2.29 bits per heavy atom. The fourth-order valence-electron chi connectivity index (χ4n) is 2.39. The van der Waals surface area contributed by atoms with E-state index in [0.717, 1.165) is 0 Å². The van der Waals surface area contributed by atoms with Gasteiger partial charge in [0.05, 0.1) is 24.0 Å². The van der Waals surface area contributed by atoms with Crippen molar-refractivity contribution in [3.8, 4) is 6.07 Å². The molecule has 2 aliphatic heterocycles. The van der Waals surface area contributed by atoms with Crippen molar-refractivity contribution in [1.29, 1.82) is 5.26 Å². The van der Waals surface area contributed by atoms with Gasteiger partial charge in [-0.05, 0) is 6.42 Å². The van der Waals surface area contributed by atoms with Crippen LogP contribution in [0.25, 0.3) is 0 Å². The molecule has 94 valence electrons. The van der Waals surface area contributed by atoms with Crippen LogP contribution >= 0.6 is 0 Å². The molecule has 2 unspecified atom stereocenters. The molecule has 0 spiro atoms. The SMILES string of the molecule is N#CCC1NCCN(C2CCS(=O)(=O)C2)C1=O. The van der Waals surface area contributed by atoms with Crippen molar-refractivity contribution < 1.29 is 13.2 Å². The number of carbonyl (C=O) groups excluding carboxylic acids is 1. The van der Waals surface area contributed by atoms with E-state index in [-0.39, 0.29) is 29.9 Å².